The summed E-state index contributed by atoms with van der Waals surface area (Å²) in [6.45, 7) is 1.85. The Kier molecular flexibility index (Phi) is 6.05. The number of nitrogens with zero attached hydrogens (tertiary/aromatic N) is 1. The molecule has 7 heteroatoms. The van der Waals surface area contributed by atoms with Gasteiger partial charge in [-0.2, -0.15) is 0 Å². The molecule has 214 valence electrons. The highest BCUT2D eigenvalue weighted by atomic mass is 16.6. The van der Waals surface area contributed by atoms with Crippen molar-refractivity contribution in [2.75, 3.05) is 34.4 Å². The molecule has 42 heavy (non-hydrogen) atoms. The lowest BCUT2D eigenvalue weighted by Gasteiger charge is -2.37. The summed E-state index contributed by atoms with van der Waals surface area (Å²) in [4.78, 5) is 2.43. The molecule has 5 aliphatic rings. The van der Waals surface area contributed by atoms with Crippen molar-refractivity contribution in [2.24, 2.45) is 0 Å². The van der Waals surface area contributed by atoms with Gasteiger partial charge >= 0.3 is 0 Å². The Balaban J connectivity index is 1.32. The van der Waals surface area contributed by atoms with Gasteiger partial charge in [-0.05, 0) is 110 Å². The molecule has 5 heterocycles. The lowest BCUT2D eigenvalue weighted by Crippen LogP contribution is -2.33. The third-order valence-corrected chi connectivity index (χ3v) is 9.18. The van der Waals surface area contributed by atoms with E-state index < -0.39 is 0 Å². The Hall–Kier alpha value is -4.20. The number of methoxy groups -OCH3 is 2. The standard InChI is InChI=1S/C35H34N2O5/c1-37-13-11-22-17-30-31-19-25(22)27(37)15-21-6-9-28(38-2)29(16-21)40-24-7-4-20(5-8-24)14-26-33-23(10-12-36-26)18-32(39-3)34(41-30)35(33)42-31/h4-9,16-19,26-27,36H,10-15H2,1-3H3/t26-,27-/m1/s1. The summed E-state index contributed by atoms with van der Waals surface area (Å²) >= 11 is 0. The Bertz CT molecular complexity index is 1700. The van der Waals surface area contributed by atoms with Crippen molar-refractivity contribution in [1.82, 2.24) is 10.2 Å². The van der Waals surface area contributed by atoms with Crippen molar-refractivity contribution in [3.8, 4) is 46.0 Å². The number of hydrogen-bond donors (Lipinski definition) is 1. The summed E-state index contributed by atoms with van der Waals surface area (Å²) in [7, 11) is 5.58. The van der Waals surface area contributed by atoms with Crippen LogP contribution in [0.5, 0.6) is 46.0 Å². The molecule has 9 rings (SSSR count). The molecule has 0 saturated carbocycles. The second-order valence-electron chi connectivity index (χ2n) is 11.7. The Morgan fingerprint density at radius 3 is 2.36 bits per heavy atom. The molecule has 7 nitrogen and oxygen atoms in total. The first-order valence-electron chi connectivity index (χ1n) is 14.7. The van der Waals surface area contributed by atoms with E-state index in [1.54, 1.807) is 14.2 Å². The van der Waals surface area contributed by atoms with Gasteiger partial charge in [0.2, 0.25) is 5.75 Å². The molecule has 0 aliphatic carbocycles. The maximum absolute atomic E-state index is 6.84. The quantitative estimate of drug-likeness (QED) is 0.251. The number of fused-ring (bicyclic) bond motifs is 2. The van der Waals surface area contributed by atoms with Crippen molar-refractivity contribution in [1.29, 1.82) is 0 Å². The van der Waals surface area contributed by atoms with E-state index in [4.69, 9.17) is 23.7 Å². The van der Waals surface area contributed by atoms with Gasteiger partial charge in [-0.15, -0.1) is 0 Å². The van der Waals surface area contributed by atoms with Crippen LogP contribution in [0.15, 0.2) is 60.7 Å². The zero-order valence-corrected chi connectivity index (χ0v) is 24.2. The maximum atomic E-state index is 6.84. The molecule has 0 radical (unpaired) electrons. The lowest BCUT2D eigenvalue weighted by atomic mass is 9.87. The third kappa shape index (κ3) is 4.18. The van der Waals surface area contributed by atoms with Crippen LogP contribution in [0, 0.1) is 0 Å². The molecule has 0 fully saturated rings. The third-order valence-electron chi connectivity index (χ3n) is 9.18. The van der Waals surface area contributed by atoms with Crippen molar-refractivity contribution >= 4 is 0 Å². The predicted molar refractivity (Wildman–Crippen MR) is 160 cm³/mol. The minimum absolute atomic E-state index is 0.0671. The van der Waals surface area contributed by atoms with Crippen LogP contribution in [0.4, 0.5) is 0 Å². The molecule has 1 N–H and O–H groups in total. The van der Waals surface area contributed by atoms with E-state index in [-0.39, 0.29) is 12.1 Å². The largest absolute Gasteiger partial charge is 0.493 e. The van der Waals surface area contributed by atoms with Gasteiger partial charge in [-0.25, -0.2) is 0 Å². The first-order valence-corrected chi connectivity index (χ1v) is 14.7. The average molecular weight is 563 g/mol. The van der Waals surface area contributed by atoms with Crippen LogP contribution in [0.3, 0.4) is 0 Å². The molecule has 0 unspecified atom stereocenters. The first kappa shape index (κ1) is 25.5. The summed E-state index contributed by atoms with van der Waals surface area (Å²) in [6, 6.07) is 21.3. The maximum Gasteiger partial charge on any atom is 0.212 e. The number of likely N-dealkylation sites (N-methyl/N-ethyl adjacent to an activating group) is 1. The molecule has 0 amide bonds. The van der Waals surface area contributed by atoms with Gasteiger partial charge in [0.05, 0.1) is 14.2 Å². The summed E-state index contributed by atoms with van der Waals surface area (Å²) in [6.07, 6.45) is 3.48. The first-order chi connectivity index (χ1) is 20.6. The second-order valence-corrected chi connectivity index (χ2v) is 11.7. The summed E-state index contributed by atoms with van der Waals surface area (Å²) in [5, 5.41) is 3.74. The number of rotatable bonds is 2. The molecule has 4 aromatic carbocycles. The number of nitrogens with one attached hydrogen (secondary N) is 1. The van der Waals surface area contributed by atoms with E-state index >= 15 is 0 Å². The molecule has 5 aliphatic heterocycles. The van der Waals surface area contributed by atoms with Crippen molar-refractivity contribution in [3.63, 3.8) is 0 Å². The molecular formula is C35H34N2O5. The Morgan fingerprint density at radius 1 is 0.738 bits per heavy atom. The minimum Gasteiger partial charge on any atom is -0.493 e. The molecular weight excluding hydrogens is 528 g/mol. The molecule has 0 spiro atoms. The van der Waals surface area contributed by atoms with Gasteiger partial charge in [0.15, 0.2) is 34.5 Å². The highest BCUT2D eigenvalue weighted by Crippen LogP contribution is 2.56. The predicted octanol–water partition coefficient (Wildman–Crippen LogP) is 6.91. The van der Waals surface area contributed by atoms with Gasteiger partial charge in [-0.1, -0.05) is 18.2 Å². The van der Waals surface area contributed by atoms with E-state index in [0.29, 0.717) is 11.5 Å². The average Bonchev–Trinajstić information content (AvgIpc) is 3.01. The smallest absolute Gasteiger partial charge is 0.212 e. The summed E-state index contributed by atoms with van der Waals surface area (Å²) in [5.74, 6) is 5.85. The molecule has 0 saturated heterocycles. The summed E-state index contributed by atoms with van der Waals surface area (Å²) < 4.78 is 31.4. The van der Waals surface area contributed by atoms with E-state index in [1.165, 1.54) is 27.8 Å². The highest BCUT2D eigenvalue weighted by molar-refractivity contribution is 5.67. The van der Waals surface area contributed by atoms with E-state index in [1.807, 2.05) is 18.2 Å². The fraction of sp³-hybridized carbons (Fsp3) is 0.314. The monoisotopic (exact) mass is 562 g/mol. The van der Waals surface area contributed by atoms with Crippen molar-refractivity contribution in [2.45, 2.75) is 37.8 Å². The fourth-order valence-corrected chi connectivity index (χ4v) is 6.96. The molecule has 2 atom stereocenters. The zero-order valence-electron chi connectivity index (χ0n) is 24.2. The fourth-order valence-electron chi connectivity index (χ4n) is 6.96. The van der Waals surface area contributed by atoms with Crippen LogP contribution >= 0.6 is 0 Å². The van der Waals surface area contributed by atoms with Gasteiger partial charge in [0.25, 0.3) is 0 Å². The highest BCUT2D eigenvalue weighted by Gasteiger charge is 2.35. The minimum atomic E-state index is 0.0671. The van der Waals surface area contributed by atoms with Crippen molar-refractivity contribution in [3.05, 3.63) is 94.0 Å². The Labute approximate surface area is 245 Å². The van der Waals surface area contributed by atoms with Gasteiger partial charge in [0, 0.05) is 24.2 Å². The Morgan fingerprint density at radius 2 is 1.52 bits per heavy atom. The van der Waals surface area contributed by atoms with Crippen molar-refractivity contribution < 1.29 is 23.7 Å². The second kappa shape index (κ2) is 9.96. The molecule has 0 aromatic heterocycles. The number of hydrogen-bond acceptors (Lipinski definition) is 7. The topological polar surface area (TPSA) is 61.4 Å². The van der Waals surface area contributed by atoms with Gasteiger partial charge in [0.1, 0.15) is 5.75 Å². The van der Waals surface area contributed by atoms with Gasteiger partial charge in [-0.3, -0.25) is 4.90 Å². The van der Waals surface area contributed by atoms with Crippen LogP contribution in [-0.4, -0.2) is 39.3 Å². The van der Waals surface area contributed by atoms with E-state index in [2.05, 4.69) is 59.7 Å². The number of ether oxygens (including phenoxy) is 5. The molecule has 7 bridgehead atoms. The van der Waals surface area contributed by atoms with E-state index in [0.717, 1.165) is 78.8 Å². The number of benzene rings is 4. The van der Waals surface area contributed by atoms with Crippen LogP contribution in [-0.2, 0) is 25.7 Å². The van der Waals surface area contributed by atoms with E-state index in [9.17, 15) is 0 Å². The van der Waals surface area contributed by atoms with Crippen LogP contribution in [0.1, 0.15) is 45.5 Å². The zero-order chi connectivity index (χ0) is 28.4. The normalized spacial score (nSPS) is 20.1. The van der Waals surface area contributed by atoms with Crippen LogP contribution in [0.25, 0.3) is 0 Å². The van der Waals surface area contributed by atoms with Crippen LogP contribution < -0.4 is 29.0 Å². The SMILES string of the molecule is COc1ccc2cc1Oc1ccc(cc1)C[C@H]1NCCc3cc(OC)c4c(c31)Oc1cc3c(cc1O4)CCN(C)[C@@H]3C2. The lowest BCUT2D eigenvalue weighted by molar-refractivity contribution is 0.227. The van der Waals surface area contributed by atoms with Crippen LogP contribution in [0.2, 0.25) is 0 Å². The van der Waals surface area contributed by atoms with Gasteiger partial charge < -0.3 is 29.0 Å². The summed E-state index contributed by atoms with van der Waals surface area (Å²) in [5.41, 5.74) is 7.33. The molecule has 4 aromatic rings.